The van der Waals surface area contributed by atoms with E-state index < -0.39 is 0 Å². The molecule has 1 rings (SSSR count). The minimum Gasteiger partial charge on any atom is -0.350 e. The van der Waals surface area contributed by atoms with Crippen LogP contribution in [0.2, 0.25) is 0 Å². The van der Waals surface area contributed by atoms with E-state index in [0.717, 1.165) is 10.0 Å². The van der Waals surface area contributed by atoms with Crippen molar-refractivity contribution in [2.75, 3.05) is 13.6 Å². The fourth-order valence-electron chi connectivity index (χ4n) is 1.18. The molecule has 1 aromatic carbocycles. The highest BCUT2D eigenvalue weighted by atomic mass is 79.9. The van der Waals surface area contributed by atoms with E-state index in [2.05, 4.69) is 26.6 Å². The Morgan fingerprint density at radius 2 is 2.19 bits per heavy atom. The number of nitrogens with one attached hydrogen (secondary N) is 2. The Kier molecular flexibility index (Phi) is 4.96. The number of aryl methyl sites for hydroxylation is 1. The normalized spacial score (nSPS) is 12.2. The van der Waals surface area contributed by atoms with Crippen molar-refractivity contribution >= 4 is 21.8 Å². The Bertz CT molecular complexity index is 379. The van der Waals surface area contributed by atoms with Crippen LogP contribution in [0.4, 0.5) is 0 Å². The minimum absolute atomic E-state index is 0.0391. The third kappa shape index (κ3) is 3.61. The molecule has 3 nitrogen and oxygen atoms in total. The summed E-state index contributed by atoms with van der Waals surface area (Å²) in [6.45, 7) is 4.64. The van der Waals surface area contributed by atoms with Crippen molar-refractivity contribution in [3.8, 4) is 0 Å². The van der Waals surface area contributed by atoms with Crippen LogP contribution in [0.1, 0.15) is 22.8 Å². The quantitative estimate of drug-likeness (QED) is 0.889. The SMILES string of the molecule is CNC(C)CNC(=O)c1ccc(C)c(Br)c1. The second-order valence-corrected chi connectivity index (χ2v) is 4.72. The zero-order valence-electron chi connectivity index (χ0n) is 9.80. The first kappa shape index (κ1) is 13.2. The summed E-state index contributed by atoms with van der Waals surface area (Å²) >= 11 is 3.42. The highest BCUT2D eigenvalue weighted by Crippen LogP contribution is 2.17. The molecule has 0 radical (unpaired) electrons. The second kappa shape index (κ2) is 6.01. The molecule has 0 heterocycles. The van der Waals surface area contributed by atoms with Gasteiger partial charge in [0.05, 0.1) is 0 Å². The van der Waals surface area contributed by atoms with Crippen molar-refractivity contribution in [1.82, 2.24) is 10.6 Å². The van der Waals surface area contributed by atoms with Crippen LogP contribution in [-0.4, -0.2) is 25.5 Å². The lowest BCUT2D eigenvalue weighted by molar-refractivity contribution is 0.0950. The maximum Gasteiger partial charge on any atom is 0.251 e. The molecule has 16 heavy (non-hydrogen) atoms. The van der Waals surface area contributed by atoms with Crippen molar-refractivity contribution in [3.05, 3.63) is 33.8 Å². The fourth-order valence-corrected chi connectivity index (χ4v) is 1.56. The van der Waals surface area contributed by atoms with E-state index in [0.29, 0.717) is 12.1 Å². The summed E-state index contributed by atoms with van der Waals surface area (Å²) in [6, 6.07) is 5.88. The molecule has 1 atom stereocenters. The van der Waals surface area contributed by atoms with Gasteiger partial charge < -0.3 is 10.6 Å². The van der Waals surface area contributed by atoms with Crippen LogP contribution in [-0.2, 0) is 0 Å². The van der Waals surface area contributed by atoms with Gasteiger partial charge >= 0.3 is 0 Å². The molecular weight excluding hydrogens is 268 g/mol. The van der Waals surface area contributed by atoms with Gasteiger partial charge in [0.1, 0.15) is 0 Å². The summed E-state index contributed by atoms with van der Waals surface area (Å²) in [7, 11) is 1.87. The first-order valence-electron chi connectivity index (χ1n) is 5.26. The second-order valence-electron chi connectivity index (χ2n) is 3.86. The largest absolute Gasteiger partial charge is 0.350 e. The van der Waals surface area contributed by atoms with Gasteiger partial charge in [-0.05, 0) is 38.6 Å². The summed E-state index contributed by atoms with van der Waals surface area (Å²) < 4.78 is 0.960. The van der Waals surface area contributed by atoms with E-state index in [1.807, 2.05) is 39.1 Å². The Balaban J connectivity index is 2.63. The van der Waals surface area contributed by atoms with Gasteiger partial charge in [-0.25, -0.2) is 0 Å². The van der Waals surface area contributed by atoms with E-state index in [1.165, 1.54) is 0 Å². The van der Waals surface area contributed by atoms with E-state index in [9.17, 15) is 4.79 Å². The number of amides is 1. The zero-order chi connectivity index (χ0) is 12.1. The molecule has 0 spiro atoms. The molecule has 0 aromatic heterocycles. The van der Waals surface area contributed by atoms with E-state index >= 15 is 0 Å². The molecule has 1 aromatic rings. The van der Waals surface area contributed by atoms with Crippen molar-refractivity contribution in [3.63, 3.8) is 0 Å². The number of carbonyl (C=O) groups excluding carboxylic acids is 1. The Morgan fingerprint density at radius 1 is 1.50 bits per heavy atom. The lowest BCUT2D eigenvalue weighted by atomic mass is 10.1. The maximum absolute atomic E-state index is 11.8. The lowest BCUT2D eigenvalue weighted by Crippen LogP contribution is -2.37. The standard InChI is InChI=1S/C12H17BrN2O/c1-8-4-5-10(6-11(8)13)12(16)15-7-9(2)14-3/h4-6,9,14H,7H2,1-3H3,(H,15,16). The molecule has 0 saturated carbocycles. The van der Waals surface area contributed by atoms with E-state index in [1.54, 1.807) is 0 Å². The molecule has 0 fully saturated rings. The van der Waals surface area contributed by atoms with E-state index in [-0.39, 0.29) is 11.9 Å². The number of benzene rings is 1. The molecule has 0 aliphatic carbocycles. The topological polar surface area (TPSA) is 41.1 Å². The van der Waals surface area contributed by atoms with Crippen molar-refractivity contribution < 1.29 is 4.79 Å². The van der Waals surface area contributed by atoms with Crippen molar-refractivity contribution in [2.45, 2.75) is 19.9 Å². The van der Waals surface area contributed by atoms with Crippen LogP contribution in [0.15, 0.2) is 22.7 Å². The molecule has 4 heteroatoms. The predicted molar refractivity (Wildman–Crippen MR) is 69.7 cm³/mol. The Labute approximate surface area is 105 Å². The molecule has 0 bridgehead atoms. The molecular formula is C12H17BrN2O. The molecule has 0 saturated heterocycles. The van der Waals surface area contributed by atoms with Crippen LogP contribution in [0.5, 0.6) is 0 Å². The van der Waals surface area contributed by atoms with E-state index in [4.69, 9.17) is 0 Å². The van der Waals surface area contributed by atoms with Crippen LogP contribution in [0, 0.1) is 6.92 Å². The van der Waals surface area contributed by atoms with Gasteiger partial charge in [-0.2, -0.15) is 0 Å². The number of carbonyl (C=O) groups is 1. The first-order chi connectivity index (χ1) is 7.54. The smallest absolute Gasteiger partial charge is 0.251 e. The fraction of sp³-hybridized carbons (Fsp3) is 0.417. The van der Waals surface area contributed by atoms with Gasteiger partial charge in [0.15, 0.2) is 0 Å². The van der Waals surface area contributed by atoms with Crippen LogP contribution < -0.4 is 10.6 Å². The van der Waals surface area contributed by atoms with Crippen LogP contribution in [0.25, 0.3) is 0 Å². The summed E-state index contributed by atoms with van der Waals surface area (Å²) in [4.78, 5) is 11.8. The number of hydrogen-bond donors (Lipinski definition) is 2. The van der Waals surface area contributed by atoms with Gasteiger partial charge in [-0.15, -0.1) is 0 Å². The number of likely N-dealkylation sites (N-methyl/N-ethyl adjacent to an activating group) is 1. The molecule has 1 amide bonds. The first-order valence-corrected chi connectivity index (χ1v) is 6.05. The highest BCUT2D eigenvalue weighted by Gasteiger charge is 2.07. The van der Waals surface area contributed by atoms with Gasteiger partial charge in [0.2, 0.25) is 0 Å². The third-order valence-electron chi connectivity index (χ3n) is 2.50. The zero-order valence-corrected chi connectivity index (χ0v) is 11.4. The average molecular weight is 285 g/mol. The van der Waals surface area contributed by atoms with Gasteiger partial charge in [-0.1, -0.05) is 22.0 Å². The summed E-state index contributed by atoms with van der Waals surface area (Å²) in [5, 5.41) is 5.94. The number of rotatable bonds is 4. The van der Waals surface area contributed by atoms with Gasteiger partial charge in [-0.3, -0.25) is 4.79 Å². The lowest BCUT2D eigenvalue weighted by Gasteiger charge is -2.11. The Morgan fingerprint density at radius 3 is 2.75 bits per heavy atom. The van der Waals surface area contributed by atoms with Crippen molar-refractivity contribution in [2.24, 2.45) is 0 Å². The number of hydrogen-bond acceptors (Lipinski definition) is 2. The highest BCUT2D eigenvalue weighted by molar-refractivity contribution is 9.10. The monoisotopic (exact) mass is 284 g/mol. The Hall–Kier alpha value is -0.870. The molecule has 1 unspecified atom stereocenters. The van der Waals surface area contributed by atoms with Gasteiger partial charge in [0.25, 0.3) is 5.91 Å². The summed E-state index contributed by atoms with van der Waals surface area (Å²) in [6.07, 6.45) is 0. The van der Waals surface area contributed by atoms with Gasteiger partial charge in [0, 0.05) is 22.6 Å². The molecule has 0 aliphatic rings. The third-order valence-corrected chi connectivity index (χ3v) is 3.35. The minimum atomic E-state index is -0.0391. The molecule has 0 aliphatic heterocycles. The van der Waals surface area contributed by atoms with Crippen LogP contribution in [0.3, 0.4) is 0 Å². The summed E-state index contributed by atoms with van der Waals surface area (Å²) in [5.74, 6) is -0.0391. The number of halogens is 1. The predicted octanol–water partition coefficient (Wildman–Crippen LogP) is 2.10. The van der Waals surface area contributed by atoms with Crippen LogP contribution >= 0.6 is 15.9 Å². The molecule has 88 valence electrons. The van der Waals surface area contributed by atoms with Crippen molar-refractivity contribution in [1.29, 1.82) is 0 Å². The molecule has 2 N–H and O–H groups in total. The average Bonchev–Trinajstić information content (AvgIpc) is 2.29. The summed E-state index contributed by atoms with van der Waals surface area (Å²) in [5.41, 5.74) is 1.81. The maximum atomic E-state index is 11.8.